The number of aryl methyl sites for hydroxylation is 2. The summed E-state index contributed by atoms with van der Waals surface area (Å²) in [4.78, 5) is 4.38. The average Bonchev–Trinajstić information content (AvgIpc) is 2.70. The molecule has 0 saturated heterocycles. The van der Waals surface area contributed by atoms with Gasteiger partial charge in [0.15, 0.2) is 0 Å². The van der Waals surface area contributed by atoms with Crippen LogP contribution < -0.4 is 5.32 Å². The Morgan fingerprint density at radius 3 is 2.38 bits per heavy atom. The van der Waals surface area contributed by atoms with Crippen LogP contribution in [0, 0.1) is 13.8 Å². The summed E-state index contributed by atoms with van der Waals surface area (Å²) in [6.07, 6.45) is 0. The van der Waals surface area contributed by atoms with Gasteiger partial charge in [-0.25, -0.2) is 4.98 Å². The third kappa shape index (κ3) is 2.31. The van der Waals surface area contributed by atoms with E-state index in [4.69, 9.17) is 0 Å². The minimum absolute atomic E-state index is 0.199. The molecule has 0 bridgehead atoms. The second-order valence-corrected chi connectivity index (χ2v) is 4.77. The van der Waals surface area contributed by atoms with Crippen molar-refractivity contribution >= 4 is 11.3 Å². The molecule has 1 N–H and O–H groups in total. The third-order valence-corrected chi connectivity index (χ3v) is 3.22. The van der Waals surface area contributed by atoms with Crippen LogP contribution in [0.3, 0.4) is 0 Å². The Balaban J connectivity index is 2.41. The van der Waals surface area contributed by atoms with E-state index in [2.05, 4.69) is 47.7 Å². The summed E-state index contributed by atoms with van der Waals surface area (Å²) in [6.45, 7) is 4.26. The first-order valence-electron chi connectivity index (χ1n) is 5.34. The molecule has 2 nitrogen and oxygen atoms in total. The minimum Gasteiger partial charge on any atom is -0.308 e. The van der Waals surface area contributed by atoms with Crippen LogP contribution in [0.1, 0.15) is 28.4 Å². The van der Waals surface area contributed by atoms with Gasteiger partial charge in [-0.2, -0.15) is 0 Å². The molecule has 3 heteroatoms. The lowest BCUT2D eigenvalue weighted by Gasteiger charge is -2.15. The SMILES string of the molecule is CNC(c1cc(C)cc(C)c1)c1cscn1. The highest BCUT2D eigenvalue weighted by atomic mass is 32.1. The molecule has 1 unspecified atom stereocenters. The second kappa shape index (κ2) is 4.76. The topological polar surface area (TPSA) is 24.9 Å². The number of rotatable bonds is 3. The van der Waals surface area contributed by atoms with Crippen molar-refractivity contribution in [3.05, 3.63) is 51.5 Å². The van der Waals surface area contributed by atoms with Crippen LogP contribution in [0.5, 0.6) is 0 Å². The number of aromatic nitrogens is 1. The van der Waals surface area contributed by atoms with Gasteiger partial charge >= 0.3 is 0 Å². The molecule has 0 radical (unpaired) electrons. The lowest BCUT2D eigenvalue weighted by Crippen LogP contribution is -2.18. The summed E-state index contributed by atoms with van der Waals surface area (Å²) in [5, 5.41) is 5.42. The Morgan fingerprint density at radius 1 is 1.19 bits per heavy atom. The molecule has 2 aromatic rings. The molecule has 1 aromatic carbocycles. The number of thiazole rings is 1. The van der Waals surface area contributed by atoms with Gasteiger partial charge in [0, 0.05) is 5.38 Å². The molecule has 84 valence electrons. The van der Waals surface area contributed by atoms with Gasteiger partial charge in [0.25, 0.3) is 0 Å². The quantitative estimate of drug-likeness (QED) is 0.879. The van der Waals surface area contributed by atoms with E-state index in [9.17, 15) is 0 Å². The zero-order valence-electron chi connectivity index (χ0n) is 9.82. The van der Waals surface area contributed by atoms with E-state index < -0.39 is 0 Å². The van der Waals surface area contributed by atoms with Crippen molar-refractivity contribution in [2.45, 2.75) is 19.9 Å². The van der Waals surface area contributed by atoms with Crippen LogP contribution in [0.2, 0.25) is 0 Å². The van der Waals surface area contributed by atoms with Gasteiger partial charge in [-0.15, -0.1) is 11.3 Å². The first-order valence-corrected chi connectivity index (χ1v) is 6.28. The standard InChI is InChI=1S/C13H16N2S/c1-9-4-10(2)6-11(5-9)13(14-3)12-7-16-8-15-12/h4-8,13-14H,1-3H3. The van der Waals surface area contributed by atoms with Crippen LogP contribution >= 0.6 is 11.3 Å². The van der Waals surface area contributed by atoms with Gasteiger partial charge in [-0.05, 0) is 26.5 Å². The molecule has 0 aliphatic rings. The maximum Gasteiger partial charge on any atom is 0.0795 e. The number of benzene rings is 1. The van der Waals surface area contributed by atoms with Crippen LogP contribution in [0.15, 0.2) is 29.1 Å². The third-order valence-electron chi connectivity index (χ3n) is 2.61. The fourth-order valence-corrected chi connectivity index (χ4v) is 2.61. The number of hydrogen-bond donors (Lipinski definition) is 1. The zero-order chi connectivity index (χ0) is 11.5. The van der Waals surface area contributed by atoms with Crippen LogP contribution in [-0.4, -0.2) is 12.0 Å². The Morgan fingerprint density at radius 2 is 1.88 bits per heavy atom. The maximum absolute atomic E-state index is 4.38. The lowest BCUT2D eigenvalue weighted by molar-refractivity contribution is 0.674. The summed E-state index contributed by atoms with van der Waals surface area (Å²) in [5.41, 5.74) is 6.85. The highest BCUT2D eigenvalue weighted by Crippen LogP contribution is 2.23. The summed E-state index contributed by atoms with van der Waals surface area (Å²) in [5.74, 6) is 0. The van der Waals surface area contributed by atoms with Crippen molar-refractivity contribution in [1.82, 2.24) is 10.3 Å². The predicted octanol–water partition coefficient (Wildman–Crippen LogP) is 3.07. The predicted molar refractivity (Wildman–Crippen MR) is 68.9 cm³/mol. The van der Waals surface area contributed by atoms with Gasteiger partial charge in [0.05, 0.1) is 17.2 Å². The maximum atomic E-state index is 4.38. The highest BCUT2D eigenvalue weighted by molar-refractivity contribution is 7.07. The smallest absolute Gasteiger partial charge is 0.0795 e. The molecular formula is C13H16N2S. The van der Waals surface area contributed by atoms with Crippen LogP contribution in [0.25, 0.3) is 0 Å². The molecule has 1 aromatic heterocycles. The van der Waals surface area contributed by atoms with Crippen molar-refractivity contribution in [2.24, 2.45) is 0 Å². The number of nitrogens with zero attached hydrogens (tertiary/aromatic N) is 1. The second-order valence-electron chi connectivity index (χ2n) is 4.06. The Hall–Kier alpha value is -1.19. The molecule has 0 aliphatic carbocycles. The fourth-order valence-electron chi connectivity index (χ4n) is 2.03. The molecule has 0 fully saturated rings. The number of nitrogens with one attached hydrogen (secondary N) is 1. The molecule has 0 saturated carbocycles. The van der Waals surface area contributed by atoms with E-state index in [1.165, 1.54) is 16.7 Å². The van der Waals surface area contributed by atoms with Crippen LogP contribution in [-0.2, 0) is 0 Å². The van der Waals surface area contributed by atoms with Gasteiger partial charge in [0.1, 0.15) is 0 Å². The normalized spacial score (nSPS) is 12.7. The molecule has 0 amide bonds. The van der Waals surface area contributed by atoms with E-state index in [0.29, 0.717) is 0 Å². The van der Waals surface area contributed by atoms with Crippen molar-refractivity contribution < 1.29 is 0 Å². The first kappa shape index (κ1) is 11.3. The fraction of sp³-hybridized carbons (Fsp3) is 0.308. The van der Waals surface area contributed by atoms with E-state index in [-0.39, 0.29) is 6.04 Å². The van der Waals surface area contributed by atoms with Crippen molar-refractivity contribution in [2.75, 3.05) is 7.05 Å². The monoisotopic (exact) mass is 232 g/mol. The zero-order valence-corrected chi connectivity index (χ0v) is 10.6. The molecular weight excluding hydrogens is 216 g/mol. The van der Waals surface area contributed by atoms with Crippen LogP contribution in [0.4, 0.5) is 0 Å². The van der Waals surface area contributed by atoms with Gasteiger partial charge in [-0.3, -0.25) is 0 Å². The molecule has 0 aliphatic heterocycles. The van der Waals surface area contributed by atoms with E-state index in [1.807, 2.05) is 12.6 Å². The molecule has 2 rings (SSSR count). The van der Waals surface area contributed by atoms with Gasteiger partial charge in [-0.1, -0.05) is 29.3 Å². The Labute approximate surface area is 100 Å². The van der Waals surface area contributed by atoms with Crippen molar-refractivity contribution in [3.63, 3.8) is 0 Å². The molecule has 16 heavy (non-hydrogen) atoms. The summed E-state index contributed by atoms with van der Waals surface area (Å²) >= 11 is 1.64. The molecule has 1 heterocycles. The average molecular weight is 232 g/mol. The highest BCUT2D eigenvalue weighted by Gasteiger charge is 2.14. The van der Waals surface area contributed by atoms with Crippen molar-refractivity contribution in [1.29, 1.82) is 0 Å². The van der Waals surface area contributed by atoms with E-state index in [0.717, 1.165) is 5.69 Å². The summed E-state index contributed by atoms with van der Waals surface area (Å²) < 4.78 is 0. The molecule has 1 atom stereocenters. The van der Waals surface area contributed by atoms with Gasteiger partial charge < -0.3 is 5.32 Å². The summed E-state index contributed by atoms with van der Waals surface area (Å²) in [7, 11) is 1.97. The largest absolute Gasteiger partial charge is 0.308 e. The minimum atomic E-state index is 0.199. The number of hydrogen-bond acceptors (Lipinski definition) is 3. The Bertz CT molecular complexity index is 443. The van der Waals surface area contributed by atoms with E-state index in [1.54, 1.807) is 11.3 Å². The Kier molecular flexibility index (Phi) is 3.36. The lowest BCUT2D eigenvalue weighted by atomic mass is 10.00. The van der Waals surface area contributed by atoms with Crippen molar-refractivity contribution in [3.8, 4) is 0 Å². The summed E-state index contributed by atoms with van der Waals surface area (Å²) in [6, 6.07) is 6.82. The van der Waals surface area contributed by atoms with Gasteiger partial charge in [0.2, 0.25) is 0 Å². The first-order chi connectivity index (χ1) is 7.70. The van der Waals surface area contributed by atoms with E-state index >= 15 is 0 Å². The molecule has 0 spiro atoms.